The van der Waals surface area contributed by atoms with Gasteiger partial charge in [0.1, 0.15) is 5.75 Å². The van der Waals surface area contributed by atoms with E-state index in [1.165, 1.54) is 0 Å². The fourth-order valence-corrected chi connectivity index (χ4v) is 2.54. The molecule has 3 heteroatoms. The molecular formula is C15H19ClO2. The first-order valence-corrected chi connectivity index (χ1v) is 6.79. The Morgan fingerprint density at radius 3 is 2.61 bits per heavy atom. The summed E-state index contributed by atoms with van der Waals surface area (Å²) in [7, 11) is 0. The number of rotatable bonds is 3. The number of hydrogen-bond donors (Lipinski definition) is 0. The van der Waals surface area contributed by atoms with E-state index in [0.717, 1.165) is 32.0 Å². The van der Waals surface area contributed by atoms with Crippen LogP contribution in [0.25, 0.3) is 0 Å². The maximum Gasteiger partial charge on any atom is 0.153 e. The Hall–Kier alpha value is -1.02. The highest BCUT2D eigenvalue weighted by molar-refractivity contribution is 6.30. The summed E-state index contributed by atoms with van der Waals surface area (Å²) in [4.78, 5) is 11.0. The van der Waals surface area contributed by atoms with Crippen molar-refractivity contribution in [3.8, 4) is 5.75 Å². The lowest BCUT2D eigenvalue weighted by Gasteiger charge is -2.34. The summed E-state index contributed by atoms with van der Waals surface area (Å²) in [6.45, 7) is 4.58. The van der Waals surface area contributed by atoms with Gasteiger partial charge >= 0.3 is 0 Å². The van der Waals surface area contributed by atoms with Crippen molar-refractivity contribution in [2.24, 2.45) is 5.41 Å². The fourth-order valence-electron chi connectivity index (χ4n) is 2.38. The molecule has 0 aromatic heterocycles. The number of ether oxygens (including phenoxy) is 1. The van der Waals surface area contributed by atoms with E-state index in [0.29, 0.717) is 21.8 Å². The Kier molecular flexibility index (Phi) is 3.96. The lowest BCUT2D eigenvalue weighted by atomic mass is 9.76. The molecule has 2 rings (SSSR count). The number of benzene rings is 1. The SMILES string of the molecule is CC1(C)CCC(Oc2cc(Cl)ccc2C=O)CC1. The standard InChI is InChI=1S/C15H19ClO2/c1-15(2)7-5-13(6-8-15)18-14-9-12(16)4-3-11(14)10-17/h3-4,9-10,13H,5-8H2,1-2H3. The third-order valence-corrected chi connectivity index (χ3v) is 3.92. The molecule has 0 N–H and O–H groups in total. The van der Waals surface area contributed by atoms with Crippen molar-refractivity contribution in [1.29, 1.82) is 0 Å². The van der Waals surface area contributed by atoms with E-state index in [1.807, 2.05) is 0 Å². The van der Waals surface area contributed by atoms with E-state index >= 15 is 0 Å². The highest BCUT2D eigenvalue weighted by Crippen LogP contribution is 2.37. The predicted octanol–water partition coefficient (Wildman–Crippen LogP) is 4.50. The Balaban J connectivity index is 2.06. The zero-order valence-corrected chi connectivity index (χ0v) is 11.7. The van der Waals surface area contributed by atoms with Crippen LogP contribution >= 0.6 is 11.6 Å². The molecule has 98 valence electrons. The molecule has 0 amide bonds. The van der Waals surface area contributed by atoms with Gasteiger partial charge in [0.15, 0.2) is 6.29 Å². The molecule has 0 bridgehead atoms. The first-order valence-electron chi connectivity index (χ1n) is 6.41. The summed E-state index contributed by atoms with van der Waals surface area (Å²) in [6, 6.07) is 5.14. The minimum Gasteiger partial charge on any atom is -0.490 e. The summed E-state index contributed by atoms with van der Waals surface area (Å²) in [5.41, 5.74) is 0.992. The van der Waals surface area contributed by atoms with Gasteiger partial charge in [-0.3, -0.25) is 4.79 Å². The van der Waals surface area contributed by atoms with Gasteiger partial charge < -0.3 is 4.74 Å². The molecule has 0 unspecified atom stereocenters. The molecule has 0 heterocycles. The summed E-state index contributed by atoms with van der Waals surface area (Å²) in [6.07, 6.45) is 5.42. The number of carbonyl (C=O) groups excluding carboxylic acids is 1. The topological polar surface area (TPSA) is 26.3 Å². The van der Waals surface area contributed by atoms with Gasteiger partial charge in [0, 0.05) is 5.02 Å². The zero-order valence-electron chi connectivity index (χ0n) is 10.9. The maximum absolute atomic E-state index is 11.0. The van der Waals surface area contributed by atoms with Crippen LogP contribution in [0.3, 0.4) is 0 Å². The first kappa shape index (κ1) is 13.4. The van der Waals surface area contributed by atoms with Crippen LogP contribution in [0.2, 0.25) is 5.02 Å². The Morgan fingerprint density at radius 1 is 1.33 bits per heavy atom. The minimum absolute atomic E-state index is 0.204. The summed E-state index contributed by atoms with van der Waals surface area (Å²) >= 11 is 5.94. The van der Waals surface area contributed by atoms with Crippen LogP contribution < -0.4 is 4.74 Å². The molecule has 1 aromatic carbocycles. The van der Waals surface area contributed by atoms with Gasteiger partial charge in [-0.05, 0) is 49.3 Å². The monoisotopic (exact) mass is 266 g/mol. The highest BCUT2D eigenvalue weighted by Gasteiger charge is 2.28. The average molecular weight is 267 g/mol. The molecule has 1 aliphatic carbocycles. The summed E-state index contributed by atoms with van der Waals surface area (Å²) in [5.74, 6) is 0.613. The van der Waals surface area contributed by atoms with Gasteiger partial charge in [-0.25, -0.2) is 0 Å². The number of halogens is 1. The normalized spacial score (nSPS) is 19.5. The van der Waals surface area contributed by atoms with Crippen molar-refractivity contribution < 1.29 is 9.53 Å². The molecule has 1 fully saturated rings. The van der Waals surface area contributed by atoms with E-state index in [9.17, 15) is 4.79 Å². The van der Waals surface area contributed by atoms with Gasteiger partial charge in [-0.15, -0.1) is 0 Å². The molecule has 0 spiro atoms. The Labute approximate surface area is 113 Å². The third kappa shape index (κ3) is 3.26. The zero-order chi connectivity index (χ0) is 13.2. The molecule has 0 aliphatic heterocycles. The second kappa shape index (κ2) is 5.31. The predicted molar refractivity (Wildman–Crippen MR) is 73.5 cm³/mol. The fraction of sp³-hybridized carbons (Fsp3) is 0.533. The van der Waals surface area contributed by atoms with E-state index in [-0.39, 0.29) is 6.10 Å². The quantitative estimate of drug-likeness (QED) is 0.753. The van der Waals surface area contributed by atoms with E-state index in [1.54, 1.807) is 18.2 Å². The second-order valence-electron chi connectivity index (χ2n) is 5.78. The largest absolute Gasteiger partial charge is 0.490 e. The van der Waals surface area contributed by atoms with Crippen LogP contribution in [-0.4, -0.2) is 12.4 Å². The van der Waals surface area contributed by atoms with Gasteiger partial charge in [-0.1, -0.05) is 25.4 Å². The second-order valence-corrected chi connectivity index (χ2v) is 6.22. The molecule has 0 atom stereocenters. The van der Waals surface area contributed by atoms with Crippen LogP contribution in [0.15, 0.2) is 18.2 Å². The highest BCUT2D eigenvalue weighted by atomic mass is 35.5. The minimum atomic E-state index is 0.204. The third-order valence-electron chi connectivity index (χ3n) is 3.68. The molecular weight excluding hydrogens is 248 g/mol. The van der Waals surface area contributed by atoms with Crippen molar-refractivity contribution in [1.82, 2.24) is 0 Å². The summed E-state index contributed by atoms with van der Waals surface area (Å²) in [5, 5.41) is 0.603. The van der Waals surface area contributed by atoms with Gasteiger partial charge in [-0.2, -0.15) is 0 Å². The van der Waals surface area contributed by atoms with Crippen molar-refractivity contribution >= 4 is 17.9 Å². The van der Waals surface area contributed by atoms with Crippen molar-refractivity contribution in [3.05, 3.63) is 28.8 Å². The first-order chi connectivity index (χ1) is 8.50. The lowest BCUT2D eigenvalue weighted by Crippen LogP contribution is -2.28. The smallest absolute Gasteiger partial charge is 0.153 e. The molecule has 1 aromatic rings. The van der Waals surface area contributed by atoms with Crippen molar-refractivity contribution in [2.45, 2.75) is 45.6 Å². The Bertz CT molecular complexity index is 430. The summed E-state index contributed by atoms with van der Waals surface area (Å²) < 4.78 is 5.94. The molecule has 0 saturated heterocycles. The van der Waals surface area contributed by atoms with E-state index < -0.39 is 0 Å². The van der Waals surface area contributed by atoms with Gasteiger partial charge in [0.05, 0.1) is 11.7 Å². The number of hydrogen-bond acceptors (Lipinski definition) is 2. The van der Waals surface area contributed by atoms with Crippen LogP contribution in [-0.2, 0) is 0 Å². The van der Waals surface area contributed by atoms with Crippen LogP contribution in [0.4, 0.5) is 0 Å². The Morgan fingerprint density at radius 2 is 2.00 bits per heavy atom. The molecule has 1 saturated carbocycles. The van der Waals surface area contributed by atoms with Crippen LogP contribution in [0.1, 0.15) is 49.9 Å². The van der Waals surface area contributed by atoms with Crippen LogP contribution in [0.5, 0.6) is 5.75 Å². The number of aldehydes is 1. The van der Waals surface area contributed by atoms with Crippen molar-refractivity contribution in [3.63, 3.8) is 0 Å². The lowest BCUT2D eigenvalue weighted by molar-refractivity contribution is 0.0961. The molecule has 1 aliphatic rings. The number of carbonyl (C=O) groups is 1. The van der Waals surface area contributed by atoms with Gasteiger partial charge in [0.25, 0.3) is 0 Å². The average Bonchev–Trinajstić information content (AvgIpc) is 2.32. The van der Waals surface area contributed by atoms with Gasteiger partial charge in [0.2, 0.25) is 0 Å². The van der Waals surface area contributed by atoms with Crippen molar-refractivity contribution in [2.75, 3.05) is 0 Å². The molecule has 18 heavy (non-hydrogen) atoms. The van der Waals surface area contributed by atoms with E-state index in [4.69, 9.17) is 16.3 Å². The molecule has 0 radical (unpaired) electrons. The van der Waals surface area contributed by atoms with Crippen LogP contribution in [0, 0.1) is 5.41 Å². The van der Waals surface area contributed by atoms with E-state index in [2.05, 4.69) is 13.8 Å². The molecule has 2 nitrogen and oxygen atoms in total. The maximum atomic E-state index is 11.0.